The summed E-state index contributed by atoms with van der Waals surface area (Å²) in [6, 6.07) is 1.95. The average Bonchev–Trinajstić information content (AvgIpc) is 2.79. The van der Waals surface area contributed by atoms with Crippen LogP contribution in [0.3, 0.4) is 0 Å². The van der Waals surface area contributed by atoms with Gasteiger partial charge in [0.15, 0.2) is 0 Å². The Bertz CT molecular complexity index is 962. The molecule has 2 aliphatic rings. The van der Waals surface area contributed by atoms with Gasteiger partial charge in [-0.15, -0.1) is 11.8 Å². The molecular formula is C23H31F3N4O3S. The fourth-order valence-corrected chi connectivity index (χ4v) is 5.40. The molecule has 1 fully saturated rings. The molecule has 188 valence electrons. The third kappa shape index (κ3) is 5.51. The SMILES string of the molecule is CCC(=O)NCCN1C(=O)C(C)(C)Sc2cc(C(F)(F)F)c(C(=O)N(C)[C@@H]3CCCNC3)cc21. The van der Waals surface area contributed by atoms with E-state index < -0.39 is 28.0 Å². The molecule has 3 rings (SSSR count). The number of hydrogen-bond donors (Lipinski definition) is 2. The van der Waals surface area contributed by atoms with Gasteiger partial charge in [-0.05, 0) is 45.4 Å². The summed E-state index contributed by atoms with van der Waals surface area (Å²) < 4.78 is 41.2. The van der Waals surface area contributed by atoms with Gasteiger partial charge in [-0.3, -0.25) is 14.4 Å². The summed E-state index contributed by atoms with van der Waals surface area (Å²) in [6.07, 6.45) is -2.93. The Hall–Kier alpha value is -2.27. The Balaban J connectivity index is 2.04. The Morgan fingerprint density at radius 3 is 2.62 bits per heavy atom. The standard InChI is InChI=1S/C23H31F3N4O3S/c1-5-19(31)28-9-10-30-17-11-15(20(32)29(4)14-7-6-8-27-13-14)16(23(24,25)26)12-18(17)34-22(2,3)21(30)33/h11-12,14,27H,5-10,13H2,1-4H3,(H,28,31)/t14-/m1/s1. The van der Waals surface area contributed by atoms with Gasteiger partial charge >= 0.3 is 6.18 Å². The molecule has 2 aliphatic heterocycles. The minimum Gasteiger partial charge on any atom is -0.354 e. The summed E-state index contributed by atoms with van der Waals surface area (Å²) in [5.74, 6) is -1.21. The van der Waals surface area contributed by atoms with Crippen LogP contribution in [0.1, 0.15) is 56.0 Å². The molecule has 0 radical (unpaired) electrons. The molecule has 1 aromatic carbocycles. The van der Waals surface area contributed by atoms with Crippen LogP contribution in [0, 0.1) is 0 Å². The summed E-state index contributed by atoms with van der Waals surface area (Å²) in [6.45, 7) is 6.56. The van der Waals surface area contributed by atoms with E-state index in [-0.39, 0.29) is 47.9 Å². The van der Waals surface area contributed by atoms with Crippen LogP contribution < -0.4 is 15.5 Å². The van der Waals surface area contributed by atoms with Gasteiger partial charge in [0.1, 0.15) is 0 Å². The number of anilines is 1. The van der Waals surface area contributed by atoms with Gasteiger partial charge in [0.2, 0.25) is 11.8 Å². The van der Waals surface area contributed by atoms with E-state index in [1.165, 1.54) is 22.9 Å². The van der Waals surface area contributed by atoms with Crippen molar-refractivity contribution in [3.63, 3.8) is 0 Å². The lowest BCUT2D eigenvalue weighted by molar-refractivity contribution is -0.138. The van der Waals surface area contributed by atoms with Crippen LogP contribution in [0.25, 0.3) is 0 Å². The molecule has 2 N–H and O–H groups in total. The number of hydrogen-bond acceptors (Lipinski definition) is 5. The number of fused-ring (bicyclic) bond motifs is 1. The van der Waals surface area contributed by atoms with Crippen LogP contribution >= 0.6 is 11.8 Å². The maximum absolute atomic E-state index is 14.1. The zero-order valence-corrected chi connectivity index (χ0v) is 20.7. The van der Waals surface area contributed by atoms with Crippen molar-refractivity contribution < 1.29 is 27.6 Å². The molecule has 0 aromatic heterocycles. The zero-order valence-electron chi connectivity index (χ0n) is 19.8. The van der Waals surface area contributed by atoms with Gasteiger partial charge in [0.05, 0.1) is 21.6 Å². The Morgan fingerprint density at radius 1 is 1.32 bits per heavy atom. The fourth-order valence-electron chi connectivity index (χ4n) is 4.20. The summed E-state index contributed by atoms with van der Waals surface area (Å²) >= 11 is 1.04. The molecule has 2 heterocycles. The van der Waals surface area contributed by atoms with Crippen molar-refractivity contribution in [2.45, 2.75) is 61.9 Å². The van der Waals surface area contributed by atoms with Crippen molar-refractivity contribution >= 4 is 35.2 Å². The summed E-state index contributed by atoms with van der Waals surface area (Å²) in [7, 11) is 1.51. The third-order valence-electron chi connectivity index (χ3n) is 6.17. The number of thioether (sulfide) groups is 1. The second-order valence-corrected chi connectivity index (χ2v) is 10.7. The summed E-state index contributed by atoms with van der Waals surface area (Å²) in [4.78, 5) is 41.1. The molecule has 0 aliphatic carbocycles. The molecule has 0 bridgehead atoms. The van der Waals surface area contributed by atoms with E-state index in [9.17, 15) is 27.6 Å². The van der Waals surface area contributed by atoms with Crippen LogP contribution in [-0.4, -0.2) is 66.6 Å². The van der Waals surface area contributed by atoms with Gasteiger partial charge in [-0.25, -0.2) is 0 Å². The third-order valence-corrected chi connectivity index (χ3v) is 7.40. The predicted octanol–water partition coefficient (Wildman–Crippen LogP) is 3.27. The molecular weight excluding hydrogens is 469 g/mol. The number of alkyl halides is 3. The number of carbonyl (C=O) groups excluding carboxylic acids is 3. The van der Waals surface area contributed by atoms with Crippen LogP contribution in [0.5, 0.6) is 0 Å². The first-order valence-corrected chi connectivity index (χ1v) is 12.2. The van der Waals surface area contributed by atoms with E-state index in [1.807, 2.05) is 0 Å². The Labute approximate surface area is 201 Å². The summed E-state index contributed by atoms with van der Waals surface area (Å²) in [5.41, 5.74) is -1.23. The van der Waals surface area contributed by atoms with Crippen molar-refractivity contribution in [3.8, 4) is 0 Å². The molecule has 11 heteroatoms. The molecule has 34 heavy (non-hydrogen) atoms. The molecule has 1 saturated heterocycles. The van der Waals surface area contributed by atoms with Crippen LogP contribution in [0.15, 0.2) is 17.0 Å². The monoisotopic (exact) mass is 500 g/mol. The van der Waals surface area contributed by atoms with E-state index in [4.69, 9.17) is 0 Å². The number of nitrogens with zero attached hydrogens (tertiary/aromatic N) is 2. The lowest BCUT2D eigenvalue weighted by Gasteiger charge is -2.39. The van der Waals surface area contributed by atoms with Crippen molar-refractivity contribution in [1.29, 1.82) is 0 Å². The topological polar surface area (TPSA) is 81.8 Å². The van der Waals surface area contributed by atoms with Gasteiger partial charge in [0, 0.05) is 44.0 Å². The highest BCUT2D eigenvalue weighted by atomic mass is 32.2. The van der Waals surface area contributed by atoms with E-state index in [0.29, 0.717) is 13.0 Å². The number of halogens is 3. The Kier molecular flexibility index (Phi) is 7.86. The normalized spacial score (nSPS) is 20.0. The summed E-state index contributed by atoms with van der Waals surface area (Å²) in [5, 5.41) is 5.86. The van der Waals surface area contributed by atoms with E-state index in [0.717, 1.165) is 30.8 Å². The highest BCUT2D eigenvalue weighted by Crippen LogP contribution is 2.48. The molecule has 1 atom stereocenters. The van der Waals surface area contributed by atoms with Crippen molar-refractivity contribution in [2.24, 2.45) is 0 Å². The second-order valence-electron chi connectivity index (χ2n) is 9.05. The molecule has 0 spiro atoms. The highest BCUT2D eigenvalue weighted by Gasteiger charge is 2.44. The highest BCUT2D eigenvalue weighted by molar-refractivity contribution is 8.01. The van der Waals surface area contributed by atoms with Crippen LogP contribution in [-0.2, 0) is 15.8 Å². The van der Waals surface area contributed by atoms with Crippen LogP contribution in [0.2, 0.25) is 0 Å². The Morgan fingerprint density at radius 2 is 2.03 bits per heavy atom. The quantitative estimate of drug-likeness (QED) is 0.627. The second kappa shape index (κ2) is 10.2. The number of carbonyl (C=O) groups is 3. The fraction of sp³-hybridized carbons (Fsp3) is 0.609. The molecule has 0 saturated carbocycles. The maximum atomic E-state index is 14.1. The molecule has 7 nitrogen and oxygen atoms in total. The smallest absolute Gasteiger partial charge is 0.354 e. The number of likely N-dealkylation sites (N-methyl/N-ethyl adjacent to an activating group) is 1. The lowest BCUT2D eigenvalue weighted by Crippen LogP contribution is -2.49. The molecule has 3 amide bonds. The first kappa shape index (κ1) is 26.3. The predicted molar refractivity (Wildman–Crippen MR) is 125 cm³/mol. The number of rotatable bonds is 6. The van der Waals surface area contributed by atoms with Gasteiger partial charge in [-0.1, -0.05) is 6.92 Å². The molecule has 0 unspecified atom stereocenters. The van der Waals surface area contributed by atoms with E-state index in [2.05, 4.69) is 10.6 Å². The van der Waals surface area contributed by atoms with E-state index in [1.54, 1.807) is 20.8 Å². The van der Waals surface area contributed by atoms with Gasteiger partial charge in [-0.2, -0.15) is 13.2 Å². The van der Waals surface area contributed by atoms with Gasteiger partial charge < -0.3 is 20.4 Å². The number of piperidine rings is 1. The van der Waals surface area contributed by atoms with Crippen molar-refractivity contribution in [3.05, 3.63) is 23.3 Å². The molecule has 1 aromatic rings. The van der Waals surface area contributed by atoms with Gasteiger partial charge in [0.25, 0.3) is 5.91 Å². The average molecular weight is 501 g/mol. The first-order chi connectivity index (χ1) is 15.9. The number of benzene rings is 1. The number of nitrogens with one attached hydrogen (secondary N) is 2. The maximum Gasteiger partial charge on any atom is 0.417 e. The first-order valence-electron chi connectivity index (χ1n) is 11.4. The van der Waals surface area contributed by atoms with Crippen LogP contribution in [0.4, 0.5) is 18.9 Å². The number of amides is 3. The lowest BCUT2D eigenvalue weighted by atomic mass is 10.0. The van der Waals surface area contributed by atoms with Crippen molar-refractivity contribution in [1.82, 2.24) is 15.5 Å². The minimum atomic E-state index is -4.74. The zero-order chi connectivity index (χ0) is 25.3. The van der Waals surface area contributed by atoms with E-state index >= 15 is 0 Å². The van der Waals surface area contributed by atoms with Crippen molar-refractivity contribution in [2.75, 3.05) is 38.1 Å². The largest absolute Gasteiger partial charge is 0.417 e. The minimum absolute atomic E-state index is 0.0863.